The van der Waals surface area contributed by atoms with Crippen molar-refractivity contribution < 1.29 is 17.9 Å². The molecule has 94 valence electrons. The lowest BCUT2D eigenvalue weighted by Crippen LogP contribution is -2.18. The van der Waals surface area contributed by atoms with Crippen LogP contribution in [0.2, 0.25) is 5.02 Å². The van der Waals surface area contributed by atoms with E-state index in [1.54, 1.807) is 24.3 Å². The minimum atomic E-state index is -4.79. The van der Waals surface area contributed by atoms with E-state index in [0.29, 0.717) is 10.6 Å². The average molecular weight is 274 g/mol. The molecule has 6 heteroatoms. The summed E-state index contributed by atoms with van der Waals surface area (Å²) in [5, 5.41) is 0.331. The number of halogens is 4. The first kappa shape index (κ1) is 12.7. The summed E-state index contributed by atoms with van der Waals surface area (Å²) in [5.74, 6) is -0.516. The summed E-state index contributed by atoms with van der Waals surface area (Å²) in [7, 11) is 0. The lowest BCUT2D eigenvalue weighted by atomic mass is 10.1. The van der Waals surface area contributed by atoms with Crippen molar-refractivity contribution in [3.8, 4) is 17.0 Å². The van der Waals surface area contributed by atoms with Crippen LogP contribution in [0.4, 0.5) is 13.2 Å². The Bertz CT molecular complexity index is 557. The molecule has 0 amide bonds. The standard InChI is InChI=1S/C12H7ClF3NO/c13-10-6-2-1-4-8(10)9-5-3-7-17-11(9)18-12(14,15)16/h1-7H. The highest BCUT2D eigenvalue weighted by Crippen LogP contribution is 2.35. The van der Waals surface area contributed by atoms with E-state index in [-0.39, 0.29) is 5.56 Å². The summed E-state index contributed by atoms with van der Waals surface area (Å²) in [6.45, 7) is 0. The van der Waals surface area contributed by atoms with Gasteiger partial charge in [-0.25, -0.2) is 4.98 Å². The van der Waals surface area contributed by atoms with E-state index in [4.69, 9.17) is 11.6 Å². The van der Waals surface area contributed by atoms with Crippen LogP contribution in [-0.4, -0.2) is 11.3 Å². The van der Waals surface area contributed by atoms with Crippen LogP contribution in [0.3, 0.4) is 0 Å². The van der Waals surface area contributed by atoms with Crippen LogP contribution in [0.15, 0.2) is 42.6 Å². The van der Waals surface area contributed by atoms with Crippen molar-refractivity contribution in [3.63, 3.8) is 0 Å². The number of aromatic nitrogens is 1. The lowest BCUT2D eigenvalue weighted by molar-refractivity contribution is -0.275. The van der Waals surface area contributed by atoms with Crippen molar-refractivity contribution in [2.75, 3.05) is 0 Å². The maximum Gasteiger partial charge on any atom is 0.574 e. The SMILES string of the molecule is FC(F)(F)Oc1ncccc1-c1ccccc1Cl. The summed E-state index contributed by atoms with van der Waals surface area (Å²) in [5.41, 5.74) is 0.631. The fourth-order valence-corrected chi connectivity index (χ4v) is 1.70. The monoisotopic (exact) mass is 273 g/mol. The second-order valence-corrected chi connectivity index (χ2v) is 3.79. The molecular weight excluding hydrogens is 267 g/mol. The highest BCUT2D eigenvalue weighted by Gasteiger charge is 2.33. The zero-order valence-electron chi connectivity index (χ0n) is 8.91. The topological polar surface area (TPSA) is 22.1 Å². The Morgan fingerprint density at radius 1 is 1.00 bits per heavy atom. The summed E-state index contributed by atoms with van der Waals surface area (Å²) in [6.07, 6.45) is -3.56. The van der Waals surface area contributed by atoms with Crippen molar-refractivity contribution in [2.24, 2.45) is 0 Å². The fraction of sp³-hybridized carbons (Fsp3) is 0.0833. The quantitative estimate of drug-likeness (QED) is 0.814. The molecule has 1 aromatic heterocycles. The number of benzene rings is 1. The van der Waals surface area contributed by atoms with Gasteiger partial charge in [0.2, 0.25) is 5.88 Å². The van der Waals surface area contributed by atoms with Crippen LogP contribution in [0.5, 0.6) is 5.88 Å². The average Bonchev–Trinajstić information content (AvgIpc) is 2.29. The Hall–Kier alpha value is -1.75. The van der Waals surface area contributed by atoms with E-state index >= 15 is 0 Å². The van der Waals surface area contributed by atoms with Crippen molar-refractivity contribution >= 4 is 11.6 Å². The second-order valence-electron chi connectivity index (χ2n) is 3.38. The van der Waals surface area contributed by atoms with Gasteiger partial charge in [-0.05, 0) is 18.2 Å². The summed E-state index contributed by atoms with van der Waals surface area (Å²) >= 11 is 5.94. The highest BCUT2D eigenvalue weighted by atomic mass is 35.5. The first-order valence-electron chi connectivity index (χ1n) is 4.93. The van der Waals surface area contributed by atoms with Gasteiger partial charge in [0.05, 0.1) is 0 Å². The first-order valence-corrected chi connectivity index (χ1v) is 5.31. The molecule has 0 atom stereocenters. The van der Waals surface area contributed by atoms with Crippen LogP contribution in [0.25, 0.3) is 11.1 Å². The third-order valence-electron chi connectivity index (χ3n) is 2.15. The predicted octanol–water partition coefficient (Wildman–Crippen LogP) is 4.30. The molecule has 0 bridgehead atoms. The molecule has 2 rings (SSSR count). The Morgan fingerprint density at radius 2 is 1.67 bits per heavy atom. The minimum absolute atomic E-state index is 0.195. The molecule has 0 aliphatic heterocycles. The van der Waals surface area contributed by atoms with Gasteiger partial charge in [0.25, 0.3) is 0 Å². The number of nitrogens with zero attached hydrogens (tertiary/aromatic N) is 1. The third-order valence-corrected chi connectivity index (χ3v) is 2.48. The number of hydrogen-bond acceptors (Lipinski definition) is 2. The molecule has 0 unspecified atom stereocenters. The Labute approximate surface area is 106 Å². The molecular formula is C12H7ClF3NO. The van der Waals surface area contributed by atoms with Crippen molar-refractivity contribution in [1.29, 1.82) is 0 Å². The van der Waals surface area contributed by atoms with Gasteiger partial charge < -0.3 is 4.74 Å². The normalized spacial score (nSPS) is 11.3. The number of alkyl halides is 3. The number of hydrogen-bond donors (Lipinski definition) is 0. The van der Waals surface area contributed by atoms with Crippen molar-refractivity contribution in [1.82, 2.24) is 4.98 Å². The van der Waals surface area contributed by atoms with Crippen LogP contribution >= 0.6 is 11.6 Å². The van der Waals surface area contributed by atoms with E-state index in [1.165, 1.54) is 18.3 Å². The van der Waals surface area contributed by atoms with Crippen molar-refractivity contribution in [2.45, 2.75) is 6.36 Å². The zero-order chi connectivity index (χ0) is 13.2. The van der Waals surface area contributed by atoms with Crippen LogP contribution in [0, 0.1) is 0 Å². The van der Waals surface area contributed by atoms with E-state index in [9.17, 15) is 13.2 Å². The van der Waals surface area contributed by atoms with Crippen LogP contribution in [-0.2, 0) is 0 Å². The molecule has 0 aliphatic rings. The van der Waals surface area contributed by atoms with Gasteiger partial charge in [0.15, 0.2) is 0 Å². The van der Waals surface area contributed by atoms with Gasteiger partial charge >= 0.3 is 6.36 Å². The molecule has 1 aromatic carbocycles. The lowest BCUT2D eigenvalue weighted by Gasteiger charge is -2.12. The smallest absolute Gasteiger partial charge is 0.387 e. The summed E-state index contributed by atoms with van der Waals surface area (Å²) in [4.78, 5) is 3.58. The van der Waals surface area contributed by atoms with Gasteiger partial charge in [-0.1, -0.05) is 29.8 Å². The van der Waals surface area contributed by atoms with Gasteiger partial charge in [-0.15, -0.1) is 13.2 Å². The Morgan fingerprint density at radius 3 is 2.33 bits per heavy atom. The van der Waals surface area contributed by atoms with Gasteiger partial charge in [-0.2, -0.15) is 0 Å². The molecule has 2 aromatic rings. The Balaban J connectivity index is 2.49. The highest BCUT2D eigenvalue weighted by molar-refractivity contribution is 6.33. The molecule has 0 fully saturated rings. The molecule has 2 nitrogen and oxygen atoms in total. The molecule has 18 heavy (non-hydrogen) atoms. The molecule has 0 saturated heterocycles. The summed E-state index contributed by atoms with van der Waals surface area (Å²) in [6, 6.07) is 9.53. The second kappa shape index (κ2) is 4.86. The first-order chi connectivity index (χ1) is 8.47. The van der Waals surface area contributed by atoms with E-state index in [1.807, 2.05) is 0 Å². The van der Waals surface area contributed by atoms with Crippen LogP contribution in [0.1, 0.15) is 0 Å². The van der Waals surface area contributed by atoms with E-state index < -0.39 is 12.2 Å². The predicted molar refractivity (Wildman–Crippen MR) is 61.4 cm³/mol. The number of rotatable bonds is 2. The maximum absolute atomic E-state index is 12.2. The Kier molecular flexibility index (Phi) is 3.43. The third kappa shape index (κ3) is 2.92. The number of pyridine rings is 1. The number of ether oxygens (including phenoxy) is 1. The largest absolute Gasteiger partial charge is 0.574 e. The molecule has 0 radical (unpaired) electrons. The molecule has 0 saturated carbocycles. The molecule has 0 spiro atoms. The van der Waals surface area contributed by atoms with Crippen LogP contribution < -0.4 is 4.74 Å². The molecule has 1 heterocycles. The summed E-state index contributed by atoms with van der Waals surface area (Å²) < 4.78 is 40.6. The van der Waals surface area contributed by atoms with Gasteiger partial charge in [-0.3, -0.25) is 0 Å². The minimum Gasteiger partial charge on any atom is -0.387 e. The van der Waals surface area contributed by atoms with Gasteiger partial charge in [0.1, 0.15) is 0 Å². The van der Waals surface area contributed by atoms with Crippen molar-refractivity contribution in [3.05, 3.63) is 47.6 Å². The fourth-order valence-electron chi connectivity index (χ4n) is 1.47. The zero-order valence-corrected chi connectivity index (χ0v) is 9.66. The van der Waals surface area contributed by atoms with E-state index in [0.717, 1.165) is 0 Å². The van der Waals surface area contributed by atoms with Gasteiger partial charge in [0, 0.05) is 22.3 Å². The molecule has 0 N–H and O–H groups in total. The maximum atomic E-state index is 12.2. The van der Waals surface area contributed by atoms with E-state index in [2.05, 4.69) is 9.72 Å². The molecule has 0 aliphatic carbocycles.